The summed E-state index contributed by atoms with van der Waals surface area (Å²) in [6.07, 6.45) is 0.784. The van der Waals surface area contributed by atoms with Crippen LogP contribution in [0.15, 0.2) is 72.8 Å². The van der Waals surface area contributed by atoms with Gasteiger partial charge >= 0.3 is 5.97 Å². The molecule has 5 nitrogen and oxygen atoms in total. The number of carbonyl (C=O) groups excluding carboxylic acids is 1. The first-order valence-corrected chi connectivity index (χ1v) is 10.8. The van der Waals surface area contributed by atoms with E-state index >= 15 is 0 Å². The first-order chi connectivity index (χ1) is 16.3. The number of benzene rings is 3. The van der Waals surface area contributed by atoms with Crippen molar-refractivity contribution in [1.29, 1.82) is 0 Å². The van der Waals surface area contributed by atoms with Crippen molar-refractivity contribution < 1.29 is 23.5 Å². The van der Waals surface area contributed by atoms with Crippen LogP contribution in [0.5, 0.6) is 0 Å². The molecular formula is C27H26F2N2O3. The molecule has 1 heterocycles. The van der Waals surface area contributed by atoms with Gasteiger partial charge in [0.25, 0.3) is 0 Å². The van der Waals surface area contributed by atoms with E-state index in [1.165, 1.54) is 42.5 Å². The Balaban J connectivity index is 0.000000251. The highest BCUT2D eigenvalue weighted by atomic mass is 19.1. The highest BCUT2D eigenvalue weighted by molar-refractivity contribution is 6.04. The van der Waals surface area contributed by atoms with Gasteiger partial charge in [-0.15, -0.1) is 0 Å². The molecule has 0 aliphatic carbocycles. The first-order valence-electron chi connectivity index (χ1n) is 10.8. The Kier molecular flexibility index (Phi) is 9.38. The summed E-state index contributed by atoms with van der Waals surface area (Å²) in [4.78, 5) is 25.7. The van der Waals surface area contributed by atoms with Gasteiger partial charge in [-0.1, -0.05) is 45.0 Å². The van der Waals surface area contributed by atoms with Crippen LogP contribution in [0.2, 0.25) is 0 Å². The second-order valence-electron chi connectivity index (χ2n) is 6.91. The molecular weight excluding hydrogens is 438 g/mol. The first kappa shape index (κ1) is 26.1. The van der Waals surface area contributed by atoms with Gasteiger partial charge in [0.1, 0.15) is 11.6 Å². The van der Waals surface area contributed by atoms with E-state index in [9.17, 15) is 18.4 Å². The lowest BCUT2D eigenvalue weighted by molar-refractivity contribution is 0.0692. The molecule has 0 aliphatic rings. The standard InChI is InChI=1S/C17H13F2N.C8H7NO3.C2H6/c1-2-11-8-12-6-7-15(19)10-16(12)20-17(11)13-4-3-5-14(18)9-13;9-7(10)5-3-1-2-4-6(5)8(11)12;1-2/h3-10H,2H2,1H3;1-4H,(H2,9,10)(H,11,12);1-2H3. The van der Waals surface area contributed by atoms with Gasteiger partial charge in [-0.25, -0.2) is 18.6 Å². The highest BCUT2D eigenvalue weighted by Crippen LogP contribution is 2.27. The SMILES string of the molecule is CC.CCc1cc2ccc(F)cc2nc1-c1cccc(F)c1.NC(=O)c1ccccc1C(=O)O. The molecule has 0 saturated heterocycles. The molecule has 3 aromatic carbocycles. The molecule has 0 saturated carbocycles. The van der Waals surface area contributed by atoms with Crippen LogP contribution in [-0.2, 0) is 6.42 Å². The number of carbonyl (C=O) groups is 2. The minimum atomic E-state index is -1.15. The Morgan fingerprint density at radius 3 is 2.09 bits per heavy atom. The Bertz CT molecular complexity index is 1270. The van der Waals surface area contributed by atoms with Crippen molar-refractivity contribution in [3.63, 3.8) is 0 Å². The van der Waals surface area contributed by atoms with Gasteiger partial charge in [0.15, 0.2) is 0 Å². The Hall–Kier alpha value is -4.13. The summed E-state index contributed by atoms with van der Waals surface area (Å²) >= 11 is 0. The number of primary amides is 1. The number of aromatic nitrogens is 1. The predicted molar refractivity (Wildman–Crippen MR) is 130 cm³/mol. The predicted octanol–water partition coefficient (Wildman–Crippen LogP) is 6.25. The van der Waals surface area contributed by atoms with Gasteiger partial charge in [-0.05, 0) is 54.4 Å². The van der Waals surface area contributed by atoms with Crippen molar-refractivity contribution in [3.05, 3.63) is 101 Å². The summed E-state index contributed by atoms with van der Waals surface area (Å²) in [6.45, 7) is 6.02. The van der Waals surface area contributed by atoms with Crippen molar-refractivity contribution in [3.8, 4) is 11.3 Å². The number of halogens is 2. The number of nitrogens with two attached hydrogens (primary N) is 1. The number of nitrogens with zero attached hydrogens (tertiary/aromatic N) is 1. The van der Waals surface area contributed by atoms with Crippen molar-refractivity contribution in [2.24, 2.45) is 5.73 Å². The van der Waals surface area contributed by atoms with Crippen LogP contribution in [0.1, 0.15) is 47.1 Å². The fourth-order valence-electron chi connectivity index (χ4n) is 3.22. The highest BCUT2D eigenvalue weighted by Gasteiger charge is 2.12. The topological polar surface area (TPSA) is 93.3 Å². The maximum Gasteiger partial charge on any atom is 0.336 e. The lowest BCUT2D eigenvalue weighted by atomic mass is 10.0. The zero-order chi connectivity index (χ0) is 25.3. The normalized spacial score (nSPS) is 9.91. The minimum Gasteiger partial charge on any atom is -0.478 e. The second-order valence-corrected chi connectivity index (χ2v) is 6.91. The van der Waals surface area contributed by atoms with E-state index in [1.807, 2.05) is 32.9 Å². The monoisotopic (exact) mass is 464 g/mol. The largest absolute Gasteiger partial charge is 0.478 e. The summed E-state index contributed by atoms with van der Waals surface area (Å²) in [7, 11) is 0. The number of rotatable bonds is 4. The lowest BCUT2D eigenvalue weighted by Crippen LogP contribution is -2.15. The van der Waals surface area contributed by atoms with Crippen LogP contribution < -0.4 is 5.73 Å². The van der Waals surface area contributed by atoms with E-state index in [2.05, 4.69) is 4.98 Å². The van der Waals surface area contributed by atoms with Gasteiger partial charge in [0.05, 0.1) is 22.3 Å². The molecule has 0 atom stereocenters. The number of carboxylic acid groups (broad SMARTS) is 1. The van der Waals surface area contributed by atoms with Gasteiger partial charge in [0, 0.05) is 17.0 Å². The molecule has 0 fully saturated rings. The van der Waals surface area contributed by atoms with E-state index in [1.54, 1.807) is 18.2 Å². The number of carboxylic acids is 1. The van der Waals surface area contributed by atoms with Gasteiger partial charge in [-0.2, -0.15) is 0 Å². The Morgan fingerprint density at radius 1 is 0.882 bits per heavy atom. The average Bonchev–Trinajstić information content (AvgIpc) is 2.84. The molecule has 1 aromatic heterocycles. The smallest absolute Gasteiger partial charge is 0.336 e. The van der Waals surface area contributed by atoms with E-state index in [4.69, 9.17) is 10.8 Å². The number of aryl methyl sites for hydroxylation is 1. The molecule has 0 bridgehead atoms. The molecule has 4 aromatic rings. The fourth-order valence-corrected chi connectivity index (χ4v) is 3.22. The van der Waals surface area contributed by atoms with E-state index in [-0.39, 0.29) is 22.8 Å². The van der Waals surface area contributed by atoms with Crippen molar-refractivity contribution in [2.75, 3.05) is 0 Å². The van der Waals surface area contributed by atoms with E-state index in [0.29, 0.717) is 16.8 Å². The summed E-state index contributed by atoms with van der Waals surface area (Å²) in [6, 6.07) is 18.7. The van der Waals surface area contributed by atoms with Crippen LogP contribution in [0.3, 0.4) is 0 Å². The van der Waals surface area contributed by atoms with Gasteiger partial charge in [0.2, 0.25) is 5.91 Å². The maximum absolute atomic E-state index is 13.4. The summed E-state index contributed by atoms with van der Waals surface area (Å²) in [5, 5.41) is 9.50. The maximum atomic E-state index is 13.4. The quantitative estimate of drug-likeness (QED) is 0.373. The molecule has 3 N–H and O–H groups in total. The molecule has 1 amide bonds. The van der Waals surface area contributed by atoms with E-state index < -0.39 is 11.9 Å². The van der Waals surface area contributed by atoms with Gasteiger partial charge < -0.3 is 10.8 Å². The van der Waals surface area contributed by atoms with Crippen LogP contribution in [0.4, 0.5) is 8.78 Å². The van der Waals surface area contributed by atoms with Crippen LogP contribution in [0, 0.1) is 11.6 Å². The molecule has 0 radical (unpaired) electrons. The third kappa shape index (κ3) is 6.45. The Morgan fingerprint density at radius 2 is 1.53 bits per heavy atom. The summed E-state index contributed by atoms with van der Waals surface area (Å²) in [5.74, 6) is -2.50. The average molecular weight is 465 g/mol. The molecule has 0 aliphatic heterocycles. The van der Waals surface area contributed by atoms with Crippen LogP contribution in [-0.4, -0.2) is 22.0 Å². The molecule has 0 spiro atoms. The van der Waals surface area contributed by atoms with Crippen molar-refractivity contribution in [2.45, 2.75) is 27.2 Å². The number of hydrogen-bond donors (Lipinski definition) is 2. The zero-order valence-electron chi connectivity index (χ0n) is 19.2. The third-order valence-corrected chi connectivity index (χ3v) is 4.76. The molecule has 34 heavy (non-hydrogen) atoms. The number of pyridine rings is 1. The van der Waals surface area contributed by atoms with Crippen molar-refractivity contribution in [1.82, 2.24) is 4.98 Å². The van der Waals surface area contributed by atoms with Crippen molar-refractivity contribution >= 4 is 22.8 Å². The number of amides is 1. The fraction of sp³-hybridized carbons (Fsp3) is 0.148. The van der Waals surface area contributed by atoms with E-state index in [0.717, 1.165) is 17.4 Å². The summed E-state index contributed by atoms with van der Waals surface area (Å²) < 4.78 is 26.7. The van der Waals surface area contributed by atoms with Crippen LogP contribution >= 0.6 is 0 Å². The molecule has 0 unspecified atom stereocenters. The third-order valence-electron chi connectivity index (χ3n) is 4.76. The molecule has 4 rings (SSSR count). The second kappa shape index (κ2) is 12.2. The summed E-state index contributed by atoms with van der Waals surface area (Å²) in [5.41, 5.74) is 7.95. The number of fused-ring (bicyclic) bond motifs is 1. The Labute approximate surface area is 196 Å². The van der Waals surface area contributed by atoms with Gasteiger partial charge in [-0.3, -0.25) is 4.79 Å². The number of aromatic carboxylic acids is 1. The zero-order valence-corrected chi connectivity index (χ0v) is 19.2. The molecule has 176 valence electrons. The lowest BCUT2D eigenvalue weighted by Gasteiger charge is -2.09. The number of hydrogen-bond acceptors (Lipinski definition) is 3. The van der Waals surface area contributed by atoms with Crippen LogP contribution in [0.25, 0.3) is 22.2 Å². The minimum absolute atomic E-state index is 0.0324. The molecule has 7 heteroatoms.